The maximum Gasteiger partial charge on any atom is 0.268 e. The number of nitriles is 1. The molecule has 4 nitrogen and oxygen atoms in total. The normalized spacial score (nSPS) is 10.8. The number of hydrogen-bond donors (Lipinski definition) is 1. The summed E-state index contributed by atoms with van der Waals surface area (Å²) in [6.45, 7) is 0. The van der Waals surface area contributed by atoms with Gasteiger partial charge in [-0.2, -0.15) is 5.26 Å². The Morgan fingerprint density at radius 2 is 2.26 bits per heavy atom. The number of carbonyl (C=O) groups is 1. The Hall–Kier alpha value is -1.97. The summed E-state index contributed by atoms with van der Waals surface area (Å²) < 4.78 is 0.824. The largest absolute Gasteiger partial charge is 0.297 e. The Bertz CT molecular complexity index is 659. The highest BCUT2D eigenvalue weighted by Gasteiger charge is 2.11. The van der Waals surface area contributed by atoms with Gasteiger partial charge in [-0.25, -0.2) is 4.98 Å². The van der Waals surface area contributed by atoms with Crippen molar-refractivity contribution in [2.24, 2.45) is 0 Å². The number of nitrogens with one attached hydrogen (secondary N) is 1. The zero-order valence-corrected chi connectivity index (χ0v) is 12.0. The third-order valence-electron chi connectivity index (χ3n) is 2.22. The van der Waals surface area contributed by atoms with Crippen LogP contribution in [0.3, 0.4) is 0 Å². The van der Waals surface area contributed by atoms with Crippen molar-refractivity contribution in [2.75, 3.05) is 5.32 Å². The second-order valence-electron chi connectivity index (χ2n) is 3.48. The predicted octanol–water partition coefficient (Wildman–Crippen LogP) is 3.45. The molecule has 0 fully saturated rings. The van der Waals surface area contributed by atoms with E-state index in [4.69, 9.17) is 5.26 Å². The molecule has 2 rings (SSSR count). The van der Waals surface area contributed by atoms with Gasteiger partial charge in [-0.05, 0) is 17.7 Å². The molecule has 0 spiro atoms. The van der Waals surface area contributed by atoms with E-state index < -0.39 is 5.91 Å². The van der Waals surface area contributed by atoms with Crippen LogP contribution in [0.1, 0.15) is 5.56 Å². The fraction of sp³-hybridized carbons (Fsp3) is 0. The Morgan fingerprint density at radius 3 is 2.89 bits per heavy atom. The van der Waals surface area contributed by atoms with Crippen LogP contribution in [-0.2, 0) is 4.79 Å². The summed E-state index contributed by atoms with van der Waals surface area (Å²) in [5, 5.41) is 13.9. The molecule has 1 aromatic heterocycles. The van der Waals surface area contributed by atoms with E-state index in [0.717, 1.165) is 10.0 Å². The second-order valence-corrected chi connectivity index (χ2v) is 5.23. The lowest BCUT2D eigenvalue weighted by Crippen LogP contribution is -2.13. The minimum atomic E-state index is -0.465. The van der Waals surface area contributed by atoms with Crippen LogP contribution in [0, 0.1) is 11.3 Å². The van der Waals surface area contributed by atoms with Gasteiger partial charge in [-0.1, -0.05) is 34.1 Å². The number of hydrogen-bond acceptors (Lipinski definition) is 4. The number of amides is 1. The molecule has 1 heterocycles. The van der Waals surface area contributed by atoms with Gasteiger partial charge < -0.3 is 0 Å². The number of benzene rings is 1. The van der Waals surface area contributed by atoms with Gasteiger partial charge in [0, 0.05) is 16.0 Å². The van der Waals surface area contributed by atoms with E-state index in [9.17, 15) is 4.79 Å². The van der Waals surface area contributed by atoms with Gasteiger partial charge in [0.25, 0.3) is 5.91 Å². The first-order valence-electron chi connectivity index (χ1n) is 5.28. The number of carbonyl (C=O) groups excluding carboxylic acids is 1. The summed E-state index contributed by atoms with van der Waals surface area (Å²) >= 11 is 4.67. The van der Waals surface area contributed by atoms with E-state index in [1.54, 1.807) is 11.6 Å². The smallest absolute Gasteiger partial charge is 0.268 e. The molecule has 2 aromatic rings. The van der Waals surface area contributed by atoms with E-state index in [1.165, 1.54) is 17.4 Å². The summed E-state index contributed by atoms with van der Waals surface area (Å²) in [6, 6.07) is 9.26. The van der Waals surface area contributed by atoms with E-state index in [-0.39, 0.29) is 5.57 Å². The highest BCUT2D eigenvalue weighted by molar-refractivity contribution is 9.10. The fourth-order valence-corrected chi connectivity index (χ4v) is 2.27. The monoisotopic (exact) mass is 333 g/mol. The van der Waals surface area contributed by atoms with Crippen LogP contribution in [0.15, 0.2) is 45.9 Å². The number of aromatic nitrogens is 1. The van der Waals surface area contributed by atoms with Crippen molar-refractivity contribution in [3.63, 3.8) is 0 Å². The molecule has 1 N–H and O–H groups in total. The summed E-state index contributed by atoms with van der Waals surface area (Å²) in [6.07, 6.45) is 3.12. The second kappa shape index (κ2) is 6.27. The Kier molecular flexibility index (Phi) is 4.44. The topological polar surface area (TPSA) is 65.8 Å². The van der Waals surface area contributed by atoms with Gasteiger partial charge in [0.05, 0.1) is 0 Å². The predicted molar refractivity (Wildman–Crippen MR) is 78.5 cm³/mol. The van der Waals surface area contributed by atoms with Gasteiger partial charge in [0.15, 0.2) is 5.13 Å². The number of halogens is 1. The molecule has 1 aromatic carbocycles. The summed E-state index contributed by atoms with van der Waals surface area (Å²) in [5.74, 6) is -0.465. The highest BCUT2D eigenvalue weighted by atomic mass is 79.9. The zero-order chi connectivity index (χ0) is 13.7. The molecule has 6 heteroatoms. The van der Waals surface area contributed by atoms with Crippen molar-refractivity contribution in [1.82, 2.24) is 4.98 Å². The van der Waals surface area contributed by atoms with Crippen LogP contribution >= 0.6 is 27.3 Å². The molecule has 0 saturated carbocycles. The molecule has 1 amide bonds. The standard InChI is InChI=1S/C13H8BrN3OS/c14-11-4-2-1-3-9(11)7-10(8-15)12(18)17-13-16-5-6-19-13/h1-7H,(H,16,17,18). The lowest BCUT2D eigenvalue weighted by atomic mass is 10.1. The van der Waals surface area contributed by atoms with Crippen LogP contribution in [0.4, 0.5) is 5.13 Å². The summed E-state index contributed by atoms with van der Waals surface area (Å²) in [7, 11) is 0. The first-order valence-corrected chi connectivity index (χ1v) is 6.95. The van der Waals surface area contributed by atoms with E-state index in [1.807, 2.05) is 30.3 Å². The average molecular weight is 334 g/mol. The quantitative estimate of drug-likeness (QED) is 0.691. The zero-order valence-electron chi connectivity index (χ0n) is 9.63. The third kappa shape index (κ3) is 3.50. The number of anilines is 1. The molecule has 94 valence electrons. The molecule has 0 bridgehead atoms. The van der Waals surface area contributed by atoms with Gasteiger partial charge in [0.1, 0.15) is 11.6 Å². The van der Waals surface area contributed by atoms with Gasteiger partial charge in [0.2, 0.25) is 0 Å². The number of rotatable bonds is 3. The van der Waals surface area contributed by atoms with E-state index >= 15 is 0 Å². The van der Waals surface area contributed by atoms with Crippen molar-refractivity contribution >= 4 is 44.4 Å². The molecule has 19 heavy (non-hydrogen) atoms. The SMILES string of the molecule is N#CC(=Cc1ccccc1Br)C(=O)Nc1nccs1. The minimum Gasteiger partial charge on any atom is -0.297 e. The first-order chi connectivity index (χ1) is 9.20. The lowest BCUT2D eigenvalue weighted by molar-refractivity contribution is -0.112. The molecule has 0 aliphatic carbocycles. The van der Waals surface area contributed by atoms with Crippen LogP contribution in [0.5, 0.6) is 0 Å². The summed E-state index contributed by atoms with van der Waals surface area (Å²) in [5.41, 5.74) is 0.801. The summed E-state index contributed by atoms with van der Waals surface area (Å²) in [4.78, 5) is 15.8. The Labute approximate surface area is 122 Å². The molecule has 0 unspecified atom stereocenters. The first kappa shape index (κ1) is 13.5. The lowest BCUT2D eigenvalue weighted by Gasteiger charge is -2.01. The average Bonchev–Trinajstić information content (AvgIpc) is 2.90. The highest BCUT2D eigenvalue weighted by Crippen LogP contribution is 2.19. The number of thiazole rings is 1. The molecular formula is C13H8BrN3OS. The minimum absolute atomic E-state index is 0.0297. The van der Waals surface area contributed by atoms with Crippen LogP contribution in [0.25, 0.3) is 6.08 Å². The van der Waals surface area contributed by atoms with Crippen LogP contribution in [-0.4, -0.2) is 10.9 Å². The van der Waals surface area contributed by atoms with Crippen molar-refractivity contribution in [3.8, 4) is 6.07 Å². The molecule has 0 aliphatic heterocycles. The fourth-order valence-electron chi connectivity index (χ4n) is 1.35. The van der Waals surface area contributed by atoms with Crippen molar-refractivity contribution < 1.29 is 4.79 Å². The molecule has 0 radical (unpaired) electrons. The molecule has 0 aliphatic rings. The Morgan fingerprint density at radius 1 is 1.47 bits per heavy atom. The van der Waals surface area contributed by atoms with Crippen LogP contribution in [0.2, 0.25) is 0 Å². The van der Waals surface area contributed by atoms with Crippen molar-refractivity contribution in [1.29, 1.82) is 5.26 Å². The maximum absolute atomic E-state index is 11.9. The number of nitrogens with zero attached hydrogens (tertiary/aromatic N) is 2. The Balaban J connectivity index is 2.23. The van der Waals surface area contributed by atoms with Gasteiger partial charge in [-0.15, -0.1) is 11.3 Å². The molecule has 0 atom stereocenters. The van der Waals surface area contributed by atoms with E-state index in [2.05, 4.69) is 26.2 Å². The van der Waals surface area contributed by atoms with Gasteiger partial charge >= 0.3 is 0 Å². The molecular weight excluding hydrogens is 326 g/mol. The third-order valence-corrected chi connectivity index (χ3v) is 3.63. The molecule has 0 saturated heterocycles. The van der Waals surface area contributed by atoms with Gasteiger partial charge in [-0.3, -0.25) is 10.1 Å². The van der Waals surface area contributed by atoms with Crippen molar-refractivity contribution in [3.05, 3.63) is 51.5 Å². The maximum atomic E-state index is 11.9. The van der Waals surface area contributed by atoms with Crippen LogP contribution < -0.4 is 5.32 Å². The van der Waals surface area contributed by atoms with E-state index in [0.29, 0.717) is 5.13 Å². The van der Waals surface area contributed by atoms with Crippen molar-refractivity contribution in [2.45, 2.75) is 0 Å².